The number of amides is 1. The lowest BCUT2D eigenvalue weighted by Crippen LogP contribution is -2.39. The molecular weight excluding hydrogens is 543 g/mol. The standard InChI is InChI=1S/C31H31ClF3NO4/c1-19(2)25(30(39)31(33,34)35)17-27(37)29(22-12-8-14-24(16-22)40-3)36-28(38)18-26(20-9-5-4-6-10-20)21-11-7-13-23(32)15-21/h4-16,19,25-26,29H,17-18H2,1-3H3,(H,36,38)/t25-,26?,29+/m0/s1. The first-order chi connectivity index (χ1) is 18.9. The molecule has 0 aliphatic carbocycles. The van der Waals surface area contributed by atoms with Crippen molar-refractivity contribution in [3.05, 3.63) is 101 Å². The molecule has 212 valence electrons. The van der Waals surface area contributed by atoms with E-state index in [1.165, 1.54) is 27.0 Å². The molecule has 0 aromatic heterocycles. The van der Waals surface area contributed by atoms with Gasteiger partial charge in [-0.3, -0.25) is 14.4 Å². The zero-order valence-corrected chi connectivity index (χ0v) is 23.1. The molecule has 0 aliphatic heterocycles. The zero-order chi connectivity index (χ0) is 29.4. The van der Waals surface area contributed by atoms with Gasteiger partial charge in [0.2, 0.25) is 11.7 Å². The van der Waals surface area contributed by atoms with Crippen LogP contribution in [0.25, 0.3) is 0 Å². The van der Waals surface area contributed by atoms with Crippen molar-refractivity contribution in [1.29, 1.82) is 0 Å². The Balaban J connectivity index is 1.94. The number of carbonyl (C=O) groups excluding carboxylic acids is 3. The molecule has 3 atom stereocenters. The molecule has 40 heavy (non-hydrogen) atoms. The van der Waals surface area contributed by atoms with Gasteiger partial charge >= 0.3 is 6.18 Å². The minimum Gasteiger partial charge on any atom is -0.497 e. The highest BCUT2D eigenvalue weighted by molar-refractivity contribution is 6.30. The number of Topliss-reactive ketones (excluding diaryl/α,β-unsaturated/α-hetero) is 2. The average Bonchev–Trinajstić information content (AvgIpc) is 2.92. The molecule has 0 saturated heterocycles. The summed E-state index contributed by atoms with van der Waals surface area (Å²) in [6.07, 6.45) is -5.83. The first-order valence-electron chi connectivity index (χ1n) is 12.8. The molecule has 9 heteroatoms. The van der Waals surface area contributed by atoms with Gasteiger partial charge in [-0.05, 0) is 46.9 Å². The zero-order valence-electron chi connectivity index (χ0n) is 22.4. The smallest absolute Gasteiger partial charge is 0.450 e. The van der Waals surface area contributed by atoms with Crippen LogP contribution in [0, 0.1) is 11.8 Å². The van der Waals surface area contributed by atoms with E-state index in [2.05, 4.69) is 5.32 Å². The highest BCUT2D eigenvalue weighted by atomic mass is 35.5. The topological polar surface area (TPSA) is 72.5 Å². The van der Waals surface area contributed by atoms with E-state index in [-0.39, 0.29) is 6.42 Å². The number of ketones is 2. The third-order valence-electron chi connectivity index (χ3n) is 6.74. The molecule has 0 radical (unpaired) electrons. The molecule has 5 nitrogen and oxygen atoms in total. The minimum absolute atomic E-state index is 0.0623. The largest absolute Gasteiger partial charge is 0.497 e. The van der Waals surface area contributed by atoms with Crippen LogP contribution in [0.15, 0.2) is 78.9 Å². The van der Waals surface area contributed by atoms with E-state index in [1.54, 1.807) is 36.4 Å². The molecule has 0 aliphatic rings. The lowest BCUT2D eigenvalue weighted by molar-refractivity contribution is -0.177. The summed E-state index contributed by atoms with van der Waals surface area (Å²) in [7, 11) is 1.43. The van der Waals surface area contributed by atoms with E-state index < -0.39 is 53.9 Å². The number of alkyl halides is 3. The summed E-state index contributed by atoms with van der Waals surface area (Å²) in [6, 6.07) is 21.5. The molecule has 0 saturated carbocycles. The van der Waals surface area contributed by atoms with E-state index in [4.69, 9.17) is 16.3 Å². The first-order valence-corrected chi connectivity index (χ1v) is 13.2. The number of hydrogen-bond acceptors (Lipinski definition) is 4. The van der Waals surface area contributed by atoms with Gasteiger partial charge in [0.05, 0.1) is 7.11 Å². The average molecular weight is 574 g/mol. The highest BCUT2D eigenvalue weighted by Gasteiger charge is 2.45. The number of carbonyl (C=O) groups is 3. The van der Waals surface area contributed by atoms with E-state index in [9.17, 15) is 27.6 Å². The summed E-state index contributed by atoms with van der Waals surface area (Å²) >= 11 is 6.21. The van der Waals surface area contributed by atoms with Gasteiger partial charge in [-0.25, -0.2) is 0 Å². The Morgan fingerprint density at radius 3 is 2.08 bits per heavy atom. The second-order valence-electron chi connectivity index (χ2n) is 9.88. The lowest BCUT2D eigenvalue weighted by Gasteiger charge is -2.25. The van der Waals surface area contributed by atoms with Gasteiger partial charge in [0, 0.05) is 29.7 Å². The monoisotopic (exact) mass is 573 g/mol. The van der Waals surface area contributed by atoms with Crippen molar-refractivity contribution >= 4 is 29.1 Å². The van der Waals surface area contributed by atoms with E-state index in [0.29, 0.717) is 16.3 Å². The van der Waals surface area contributed by atoms with Crippen LogP contribution in [-0.2, 0) is 14.4 Å². The Morgan fingerprint density at radius 2 is 1.48 bits per heavy atom. The Hall–Kier alpha value is -3.65. The highest BCUT2D eigenvalue weighted by Crippen LogP contribution is 2.32. The molecule has 0 heterocycles. The summed E-state index contributed by atoms with van der Waals surface area (Å²) in [5.41, 5.74) is 1.97. The van der Waals surface area contributed by atoms with Crippen molar-refractivity contribution in [2.24, 2.45) is 11.8 Å². The Labute approximate surface area is 236 Å². The molecule has 0 bridgehead atoms. The Morgan fingerprint density at radius 1 is 0.850 bits per heavy atom. The first kappa shape index (κ1) is 30.9. The van der Waals surface area contributed by atoms with Gasteiger partial charge in [-0.1, -0.05) is 80.0 Å². The summed E-state index contributed by atoms with van der Waals surface area (Å²) in [5, 5.41) is 3.22. The van der Waals surface area contributed by atoms with Crippen LogP contribution >= 0.6 is 11.6 Å². The van der Waals surface area contributed by atoms with Crippen molar-refractivity contribution in [2.45, 2.75) is 44.8 Å². The summed E-state index contributed by atoms with van der Waals surface area (Å²) in [4.78, 5) is 39.1. The van der Waals surface area contributed by atoms with Gasteiger partial charge in [0.25, 0.3) is 0 Å². The molecule has 0 spiro atoms. The fourth-order valence-electron chi connectivity index (χ4n) is 4.59. The van der Waals surface area contributed by atoms with Gasteiger partial charge in [-0.2, -0.15) is 13.2 Å². The van der Waals surface area contributed by atoms with Gasteiger partial charge in [0.15, 0.2) is 5.78 Å². The van der Waals surface area contributed by atoms with Crippen LogP contribution in [0.3, 0.4) is 0 Å². The molecule has 3 rings (SSSR count). The van der Waals surface area contributed by atoms with Crippen LogP contribution in [0.4, 0.5) is 13.2 Å². The second-order valence-corrected chi connectivity index (χ2v) is 10.3. The van der Waals surface area contributed by atoms with Crippen molar-refractivity contribution in [3.63, 3.8) is 0 Å². The van der Waals surface area contributed by atoms with Crippen LogP contribution < -0.4 is 10.1 Å². The maximum absolute atomic E-state index is 13.5. The van der Waals surface area contributed by atoms with E-state index in [0.717, 1.165) is 11.1 Å². The Bertz CT molecular complexity index is 1330. The fourth-order valence-corrected chi connectivity index (χ4v) is 4.79. The van der Waals surface area contributed by atoms with E-state index in [1.807, 2.05) is 36.4 Å². The van der Waals surface area contributed by atoms with Crippen molar-refractivity contribution < 1.29 is 32.3 Å². The van der Waals surface area contributed by atoms with Crippen molar-refractivity contribution in [3.8, 4) is 5.75 Å². The number of nitrogens with one attached hydrogen (secondary N) is 1. The summed E-state index contributed by atoms with van der Waals surface area (Å²) < 4.78 is 45.1. The minimum atomic E-state index is -5.08. The van der Waals surface area contributed by atoms with E-state index >= 15 is 0 Å². The van der Waals surface area contributed by atoms with Crippen LogP contribution in [0.2, 0.25) is 5.02 Å². The van der Waals surface area contributed by atoms with Gasteiger partial charge < -0.3 is 10.1 Å². The number of methoxy groups -OCH3 is 1. The maximum atomic E-state index is 13.5. The molecule has 3 aromatic rings. The fraction of sp³-hybridized carbons (Fsp3) is 0.323. The maximum Gasteiger partial charge on any atom is 0.450 e. The van der Waals surface area contributed by atoms with Gasteiger partial charge in [-0.15, -0.1) is 0 Å². The number of ether oxygens (including phenoxy) is 1. The number of hydrogen-bond donors (Lipinski definition) is 1. The van der Waals surface area contributed by atoms with Crippen LogP contribution in [-0.4, -0.2) is 30.8 Å². The summed E-state index contributed by atoms with van der Waals surface area (Å²) in [6.45, 7) is 2.91. The second kappa shape index (κ2) is 13.6. The van der Waals surface area contributed by atoms with Crippen molar-refractivity contribution in [2.75, 3.05) is 7.11 Å². The van der Waals surface area contributed by atoms with Gasteiger partial charge in [0.1, 0.15) is 11.8 Å². The number of rotatable bonds is 12. The molecule has 0 fully saturated rings. The lowest BCUT2D eigenvalue weighted by atomic mass is 9.84. The molecule has 3 aromatic carbocycles. The number of halogens is 4. The molecular formula is C31H31ClF3NO4. The molecule has 1 unspecified atom stereocenters. The molecule has 1 N–H and O–H groups in total. The third kappa shape index (κ3) is 8.18. The van der Waals surface area contributed by atoms with Crippen LogP contribution in [0.5, 0.6) is 5.75 Å². The quantitative estimate of drug-likeness (QED) is 0.251. The predicted molar refractivity (Wildman–Crippen MR) is 147 cm³/mol. The molecule has 1 amide bonds. The Kier molecular flexibility index (Phi) is 10.5. The SMILES string of the molecule is COc1cccc([C@@H](NC(=O)CC(c2ccccc2)c2cccc(Cl)c2)C(=O)C[C@H](C(=O)C(F)(F)F)C(C)C)c1. The third-order valence-corrected chi connectivity index (χ3v) is 6.97. The summed E-state index contributed by atoms with van der Waals surface area (Å²) in [5.74, 6) is -5.51. The van der Waals surface area contributed by atoms with Crippen LogP contribution in [0.1, 0.15) is 55.3 Å². The predicted octanol–water partition coefficient (Wildman–Crippen LogP) is 7.09. The normalized spacial score (nSPS) is 13.8. The van der Waals surface area contributed by atoms with Crippen molar-refractivity contribution in [1.82, 2.24) is 5.32 Å². The number of benzene rings is 3.